The minimum atomic E-state index is 0.418. The number of aromatic nitrogens is 4. The molecule has 0 aliphatic rings. The molecule has 0 atom stereocenters. The van der Waals surface area contributed by atoms with Crippen LogP contribution in [0.15, 0.2) is 55.2 Å². The van der Waals surface area contributed by atoms with Gasteiger partial charge in [0.25, 0.3) is 11.1 Å². The standard InChI is InChI=1S/C16H11ClN4O3S/c1-9-12(6-7-22-9)15-19-20-16(23-15)25-8-13-18-14(21-24-13)10-2-4-11(17)5-3-10/h2-7H,8H2,1H3. The van der Waals surface area contributed by atoms with Crippen molar-refractivity contribution < 1.29 is 13.4 Å². The summed E-state index contributed by atoms with van der Waals surface area (Å²) in [5, 5.41) is 13.1. The Morgan fingerprint density at radius 3 is 2.72 bits per heavy atom. The van der Waals surface area contributed by atoms with E-state index in [4.69, 9.17) is 25.0 Å². The molecule has 126 valence electrons. The molecule has 0 spiro atoms. The minimum absolute atomic E-state index is 0.418. The summed E-state index contributed by atoms with van der Waals surface area (Å²) in [6, 6.07) is 9.01. The van der Waals surface area contributed by atoms with Crippen LogP contribution in [0.3, 0.4) is 0 Å². The van der Waals surface area contributed by atoms with Crippen molar-refractivity contribution in [3.8, 4) is 22.8 Å². The number of furan rings is 1. The van der Waals surface area contributed by atoms with E-state index in [-0.39, 0.29) is 0 Å². The lowest BCUT2D eigenvalue weighted by Crippen LogP contribution is -1.83. The van der Waals surface area contributed by atoms with Crippen LogP contribution in [-0.4, -0.2) is 20.3 Å². The van der Waals surface area contributed by atoms with Gasteiger partial charge >= 0.3 is 0 Å². The van der Waals surface area contributed by atoms with Gasteiger partial charge in [0.2, 0.25) is 11.7 Å². The molecule has 9 heteroatoms. The molecule has 4 rings (SSSR count). The first-order valence-electron chi connectivity index (χ1n) is 7.28. The normalized spacial score (nSPS) is 11.1. The van der Waals surface area contributed by atoms with Gasteiger partial charge in [0.15, 0.2) is 0 Å². The summed E-state index contributed by atoms with van der Waals surface area (Å²) < 4.78 is 16.1. The minimum Gasteiger partial charge on any atom is -0.469 e. The number of rotatable bonds is 5. The van der Waals surface area contributed by atoms with E-state index in [1.807, 2.05) is 19.1 Å². The Hall–Kier alpha value is -2.58. The molecule has 0 unspecified atom stereocenters. The smallest absolute Gasteiger partial charge is 0.277 e. The predicted molar refractivity (Wildman–Crippen MR) is 91.0 cm³/mol. The van der Waals surface area contributed by atoms with Crippen LogP contribution in [0.1, 0.15) is 11.7 Å². The van der Waals surface area contributed by atoms with E-state index in [0.29, 0.717) is 33.6 Å². The maximum absolute atomic E-state index is 5.87. The molecule has 0 saturated carbocycles. The third kappa shape index (κ3) is 3.45. The van der Waals surface area contributed by atoms with Crippen LogP contribution in [0.25, 0.3) is 22.8 Å². The van der Waals surface area contributed by atoms with Crippen LogP contribution in [0, 0.1) is 6.92 Å². The van der Waals surface area contributed by atoms with Crippen LogP contribution < -0.4 is 0 Å². The number of benzene rings is 1. The van der Waals surface area contributed by atoms with Gasteiger partial charge in [-0.1, -0.05) is 28.5 Å². The molecule has 7 nitrogen and oxygen atoms in total. The number of hydrogen-bond acceptors (Lipinski definition) is 8. The molecule has 0 fully saturated rings. The summed E-state index contributed by atoms with van der Waals surface area (Å²) >= 11 is 7.19. The largest absolute Gasteiger partial charge is 0.469 e. The van der Waals surface area contributed by atoms with Crippen molar-refractivity contribution in [3.63, 3.8) is 0 Å². The average molecular weight is 375 g/mol. The van der Waals surface area contributed by atoms with Crippen LogP contribution in [0.2, 0.25) is 5.02 Å². The summed E-state index contributed by atoms with van der Waals surface area (Å²) in [5.41, 5.74) is 1.61. The van der Waals surface area contributed by atoms with Gasteiger partial charge < -0.3 is 13.4 Å². The van der Waals surface area contributed by atoms with E-state index < -0.39 is 0 Å². The van der Waals surface area contributed by atoms with Crippen LogP contribution in [-0.2, 0) is 5.75 Å². The summed E-state index contributed by atoms with van der Waals surface area (Å²) in [7, 11) is 0. The van der Waals surface area contributed by atoms with Crippen molar-refractivity contribution >= 4 is 23.4 Å². The Morgan fingerprint density at radius 2 is 1.96 bits per heavy atom. The molecule has 25 heavy (non-hydrogen) atoms. The SMILES string of the molecule is Cc1occc1-c1nnc(SCc2nc(-c3ccc(Cl)cc3)no2)o1. The highest BCUT2D eigenvalue weighted by Gasteiger charge is 2.15. The van der Waals surface area contributed by atoms with Crippen molar-refractivity contribution in [1.29, 1.82) is 0 Å². The van der Waals surface area contributed by atoms with E-state index >= 15 is 0 Å². The van der Waals surface area contributed by atoms with Gasteiger partial charge in [-0.3, -0.25) is 0 Å². The Morgan fingerprint density at radius 1 is 1.12 bits per heavy atom. The molecule has 0 aliphatic heterocycles. The molecule has 0 N–H and O–H groups in total. The second-order valence-electron chi connectivity index (χ2n) is 5.07. The number of nitrogens with zero attached hydrogens (tertiary/aromatic N) is 4. The Bertz CT molecular complexity index is 993. The number of aryl methyl sites for hydroxylation is 1. The van der Waals surface area contributed by atoms with Gasteiger partial charge in [-0.05, 0) is 37.3 Å². The number of thioether (sulfide) groups is 1. The fourth-order valence-corrected chi connectivity index (χ4v) is 2.86. The van der Waals surface area contributed by atoms with Crippen LogP contribution in [0.4, 0.5) is 0 Å². The van der Waals surface area contributed by atoms with E-state index in [1.54, 1.807) is 24.5 Å². The summed E-state index contributed by atoms with van der Waals surface area (Å²) in [4.78, 5) is 4.35. The van der Waals surface area contributed by atoms with Gasteiger partial charge in [-0.2, -0.15) is 4.98 Å². The van der Waals surface area contributed by atoms with E-state index in [9.17, 15) is 0 Å². The van der Waals surface area contributed by atoms with Crippen molar-refractivity contribution in [2.24, 2.45) is 0 Å². The highest BCUT2D eigenvalue weighted by atomic mass is 35.5. The molecule has 0 aliphatic carbocycles. The zero-order valence-corrected chi connectivity index (χ0v) is 14.5. The van der Waals surface area contributed by atoms with Gasteiger partial charge in [0.1, 0.15) is 5.76 Å². The first kappa shape index (κ1) is 15.9. The molecule has 0 amide bonds. The Labute approximate surface area is 151 Å². The third-order valence-corrected chi connectivity index (χ3v) is 4.44. The van der Waals surface area contributed by atoms with Crippen molar-refractivity contribution in [2.45, 2.75) is 17.9 Å². The molecular weight excluding hydrogens is 364 g/mol. The lowest BCUT2D eigenvalue weighted by Gasteiger charge is -1.93. The zero-order valence-electron chi connectivity index (χ0n) is 13.0. The van der Waals surface area contributed by atoms with Crippen LogP contribution >= 0.6 is 23.4 Å². The maximum atomic E-state index is 5.87. The monoisotopic (exact) mass is 374 g/mol. The molecule has 0 radical (unpaired) electrons. The first-order chi connectivity index (χ1) is 12.2. The topological polar surface area (TPSA) is 91.0 Å². The maximum Gasteiger partial charge on any atom is 0.277 e. The Kier molecular flexibility index (Phi) is 4.29. The predicted octanol–water partition coefficient (Wildman–Crippen LogP) is 4.63. The van der Waals surface area contributed by atoms with Crippen molar-refractivity contribution in [3.05, 3.63) is 53.3 Å². The van der Waals surface area contributed by atoms with Crippen molar-refractivity contribution in [1.82, 2.24) is 20.3 Å². The second kappa shape index (κ2) is 6.73. The van der Waals surface area contributed by atoms with E-state index in [1.165, 1.54) is 11.8 Å². The number of halogens is 1. The lowest BCUT2D eigenvalue weighted by molar-refractivity contribution is 0.391. The molecular formula is C16H11ClN4O3S. The highest BCUT2D eigenvalue weighted by molar-refractivity contribution is 7.98. The molecule has 0 saturated heterocycles. The fourth-order valence-electron chi connectivity index (χ4n) is 2.14. The van der Waals surface area contributed by atoms with Gasteiger partial charge in [0.05, 0.1) is 17.6 Å². The van der Waals surface area contributed by atoms with E-state index in [2.05, 4.69) is 20.3 Å². The Balaban J connectivity index is 1.43. The molecule has 3 aromatic heterocycles. The fraction of sp³-hybridized carbons (Fsp3) is 0.125. The van der Waals surface area contributed by atoms with Gasteiger partial charge in [0, 0.05) is 10.6 Å². The third-order valence-electron chi connectivity index (χ3n) is 3.39. The summed E-state index contributed by atoms with van der Waals surface area (Å²) in [6.07, 6.45) is 1.58. The van der Waals surface area contributed by atoms with Gasteiger partial charge in [-0.15, -0.1) is 10.2 Å². The van der Waals surface area contributed by atoms with Gasteiger partial charge in [-0.25, -0.2) is 0 Å². The van der Waals surface area contributed by atoms with E-state index in [0.717, 1.165) is 16.9 Å². The first-order valence-corrected chi connectivity index (χ1v) is 8.65. The van der Waals surface area contributed by atoms with Crippen LogP contribution in [0.5, 0.6) is 0 Å². The molecule has 3 heterocycles. The molecule has 0 bridgehead atoms. The number of hydrogen-bond donors (Lipinski definition) is 0. The van der Waals surface area contributed by atoms with Crippen molar-refractivity contribution in [2.75, 3.05) is 0 Å². The lowest BCUT2D eigenvalue weighted by atomic mass is 10.2. The summed E-state index contributed by atoms with van der Waals surface area (Å²) in [6.45, 7) is 1.84. The quantitative estimate of drug-likeness (QED) is 0.467. The molecule has 1 aromatic carbocycles. The second-order valence-corrected chi connectivity index (χ2v) is 6.43. The average Bonchev–Trinajstić information content (AvgIpc) is 3.33. The highest BCUT2D eigenvalue weighted by Crippen LogP contribution is 2.28. The zero-order chi connectivity index (χ0) is 17.2. The summed E-state index contributed by atoms with van der Waals surface area (Å²) in [5.74, 6) is 2.54. The molecule has 4 aromatic rings.